The van der Waals surface area contributed by atoms with Gasteiger partial charge in [0.05, 0.1) is 5.92 Å². The molecule has 2 atom stereocenters. The zero-order valence-corrected chi connectivity index (χ0v) is 29.9. The van der Waals surface area contributed by atoms with E-state index in [4.69, 9.17) is 24.3 Å². The fourth-order valence-corrected chi connectivity index (χ4v) is 8.74. The number of benzene rings is 6. The molecule has 0 bridgehead atoms. The number of fused-ring (bicyclic) bond motifs is 8. The summed E-state index contributed by atoms with van der Waals surface area (Å²) in [5.74, 6) is 3.50. The first-order chi connectivity index (χ1) is 26.1. The third-order valence-electron chi connectivity index (χ3n) is 10.6. The van der Waals surface area contributed by atoms with E-state index < -0.39 is 0 Å². The maximum Gasteiger partial charge on any atom is 0.169 e. The largest absolute Gasteiger partial charge is 0.461 e. The molecule has 53 heavy (non-hydrogen) atoms. The lowest BCUT2D eigenvalue weighted by Crippen LogP contribution is -2.16. The molecule has 3 aliphatic rings. The second-order valence-electron chi connectivity index (χ2n) is 14.0. The molecule has 0 amide bonds. The highest BCUT2D eigenvalue weighted by Gasteiger charge is 2.36. The molecule has 0 saturated carbocycles. The van der Waals surface area contributed by atoms with Crippen LogP contribution in [0, 0.1) is 5.92 Å². The van der Waals surface area contributed by atoms with Crippen molar-refractivity contribution in [2.75, 3.05) is 0 Å². The molecular formula is C47H35N3O2S. The maximum absolute atomic E-state index is 6.65. The number of nitrogens with two attached hydrogens (primary N) is 1. The van der Waals surface area contributed by atoms with Crippen LogP contribution in [0.3, 0.4) is 0 Å². The van der Waals surface area contributed by atoms with Crippen molar-refractivity contribution in [2.24, 2.45) is 21.0 Å². The third kappa shape index (κ3) is 5.67. The predicted molar refractivity (Wildman–Crippen MR) is 220 cm³/mol. The first-order valence-corrected chi connectivity index (χ1v) is 18.9. The number of rotatable bonds is 5. The molecule has 2 aliphatic carbocycles. The van der Waals surface area contributed by atoms with Crippen LogP contribution in [0.25, 0.3) is 44.4 Å². The Morgan fingerprint density at radius 1 is 0.811 bits per heavy atom. The van der Waals surface area contributed by atoms with Crippen molar-refractivity contribution in [1.82, 2.24) is 0 Å². The van der Waals surface area contributed by atoms with E-state index in [1.165, 1.54) is 28.6 Å². The molecule has 0 radical (unpaired) electrons. The lowest BCUT2D eigenvalue weighted by molar-refractivity contribution is 0.405. The molecule has 6 aromatic carbocycles. The molecule has 0 saturated heterocycles. The number of hydrogen-bond acceptors (Lipinski definition) is 4. The zero-order chi connectivity index (χ0) is 35.5. The van der Waals surface area contributed by atoms with Crippen LogP contribution in [0.1, 0.15) is 52.6 Å². The molecule has 7 aromatic rings. The lowest BCUT2D eigenvalue weighted by atomic mass is 9.79. The summed E-state index contributed by atoms with van der Waals surface area (Å²) in [6.07, 6.45) is 11.3. The topological polar surface area (TPSA) is 73.1 Å². The standard InChI is InChI=1S/C47H35N3O2S/c1-28-22-36(27-42-44(28)38-24-32-14-7-8-15-33(32)26-41(38)52-42)34-20-21-39-37(25-34)45-40(51-39)16-9-17-43(45)53-50-47(30-11-3-2-4-12-30)49-46(48)35-19-18-29-10-5-6-13-31(29)23-35/h2-7,9-14,16-28,44H,8,15H2,1H3,(H2,48,49,50). The van der Waals surface area contributed by atoms with Gasteiger partial charge in [0, 0.05) is 44.3 Å². The number of hydrogen-bond donors (Lipinski definition) is 1. The van der Waals surface area contributed by atoms with Crippen molar-refractivity contribution >= 4 is 68.0 Å². The van der Waals surface area contributed by atoms with E-state index in [9.17, 15) is 0 Å². The Kier molecular flexibility index (Phi) is 7.65. The first-order valence-electron chi connectivity index (χ1n) is 18.1. The van der Waals surface area contributed by atoms with E-state index in [1.807, 2.05) is 60.7 Å². The highest BCUT2D eigenvalue weighted by atomic mass is 32.2. The fraction of sp³-hybridized carbons (Fsp3) is 0.106. The van der Waals surface area contributed by atoms with Gasteiger partial charge in [-0.3, -0.25) is 0 Å². The Labute approximate surface area is 312 Å². The Bertz CT molecular complexity index is 2770. The fourth-order valence-electron chi connectivity index (χ4n) is 7.97. The van der Waals surface area contributed by atoms with Crippen LogP contribution < -0.4 is 10.5 Å². The Hall–Kier alpha value is -6.11. The second-order valence-corrected chi connectivity index (χ2v) is 14.8. The molecule has 2 N–H and O–H groups in total. The molecule has 0 spiro atoms. The minimum Gasteiger partial charge on any atom is -0.461 e. The SMILES string of the molecule is CC1C=C(c2ccc3oc4cccc(SN=C(N=C(N)c5ccc6ccccc6c5)c5ccccc5)c4c3c2)C=C2Oc3cc4c(cc3C21)C=CCC4. The molecule has 5 nitrogen and oxygen atoms in total. The van der Waals surface area contributed by atoms with Crippen molar-refractivity contribution in [3.63, 3.8) is 0 Å². The summed E-state index contributed by atoms with van der Waals surface area (Å²) in [7, 11) is 0. The van der Waals surface area contributed by atoms with E-state index in [0.29, 0.717) is 11.7 Å². The monoisotopic (exact) mass is 705 g/mol. The number of nitrogens with zero attached hydrogens (tertiary/aromatic N) is 2. The van der Waals surface area contributed by atoms with Gasteiger partial charge in [0.25, 0.3) is 0 Å². The molecule has 2 heterocycles. The molecule has 0 fully saturated rings. The Balaban J connectivity index is 1.00. The summed E-state index contributed by atoms with van der Waals surface area (Å²) >= 11 is 1.38. The van der Waals surface area contributed by atoms with Crippen LogP contribution in [0.15, 0.2) is 164 Å². The molecule has 1 aliphatic heterocycles. The number of aliphatic imine (C=N–C) groups is 1. The number of allylic oxidation sites excluding steroid dienone is 5. The molecule has 1 aromatic heterocycles. The quantitative estimate of drug-likeness (QED) is 0.110. The summed E-state index contributed by atoms with van der Waals surface area (Å²) in [6, 6.07) is 41.6. The van der Waals surface area contributed by atoms with Gasteiger partial charge in [-0.05, 0) is 100 Å². The number of amidine groups is 2. The van der Waals surface area contributed by atoms with Gasteiger partial charge in [-0.25, -0.2) is 4.99 Å². The third-order valence-corrected chi connectivity index (χ3v) is 11.4. The minimum absolute atomic E-state index is 0.227. The summed E-state index contributed by atoms with van der Waals surface area (Å²) in [5, 5.41) is 4.33. The lowest BCUT2D eigenvalue weighted by Gasteiger charge is -2.23. The Morgan fingerprint density at radius 3 is 2.58 bits per heavy atom. The van der Waals surface area contributed by atoms with E-state index in [2.05, 4.69) is 91.9 Å². The summed E-state index contributed by atoms with van der Waals surface area (Å²) in [4.78, 5) is 5.86. The molecule has 10 rings (SSSR count). The predicted octanol–water partition coefficient (Wildman–Crippen LogP) is 11.7. The van der Waals surface area contributed by atoms with E-state index >= 15 is 0 Å². The van der Waals surface area contributed by atoms with E-state index in [1.54, 1.807) is 0 Å². The van der Waals surface area contributed by atoms with Crippen LogP contribution in [0.2, 0.25) is 0 Å². The van der Waals surface area contributed by atoms with Crippen LogP contribution in [0.4, 0.5) is 0 Å². The van der Waals surface area contributed by atoms with Gasteiger partial charge in [-0.2, -0.15) is 4.40 Å². The van der Waals surface area contributed by atoms with Crippen molar-refractivity contribution in [1.29, 1.82) is 0 Å². The molecular weight excluding hydrogens is 671 g/mol. The maximum atomic E-state index is 6.65. The average molecular weight is 706 g/mol. The van der Waals surface area contributed by atoms with Crippen LogP contribution >= 0.6 is 11.9 Å². The average Bonchev–Trinajstić information content (AvgIpc) is 3.76. The first kappa shape index (κ1) is 31.6. The zero-order valence-electron chi connectivity index (χ0n) is 29.1. The van der Waals surface area contributed by atoms with Crippen LogP contribution in [-0.2, 0) is 6.42 Å². The van der Waals surface area contributed by atoms with Crippen molar-refractivity contribution in [2.45, 2.75) is 30.6 Å². The van der Waals surface area contributed by atoms with Gasteiger partial charge in [-0.1, -0.05) is 104 Å². The summed E-state index contributed by atoms with van der Waals surface area (Å²) in [5.41, 5.74) is 16.3. The van der Waals surface area contributed by atoms with Crippen LogP contribution in [0.5, 0.6) is 5.75 Å². The summed E-state index contributed by atoms with van der Waals surface area (Å²) < 4.78 is 18.0. The summed E-state index contributed by atoms with van der Waals surface area (Å²) in [6.45, 7) is 2.30. The normalized spacial score (nSPS) is 18.1. The number of ether oxygens (including phenoxy) is 1. The number of aryl methyl sites for hydroxylation is 1. The Morgan fingerprint density at radius 2 is 1.68 bits per heavy atom. The van der Waals surface area contributed by atoms with E-state index in [0.717, 1.165) is 84.2 Å². The van der Waals surface area contributed by atoms with Crippen molar-refractivity contribution in [3.8, 4) is 5.75 Å². The van der Waals surface area contributed by atoms with Crippen molar-refractivity contribution in [3.05, 3.63) is 179 Å². The molecule has 256 valence electrons. The highest BCUT2D eigenvalue weighted by molar-refractivity contribution is 7.98. The van der Waals surface area contributed by atoms with E-state index in [-0.39, 0.29) is 11.8 Å². The van der Waals surface area contributed by atoms with Gasteiger partial charge >= 0.3 is 0 Å². The smallest absolute Gasteiger partial charge is 0.169 e. The van der Waals surface area contributed by atoms with Gasteiger partial charge in [0.15, 0.2) is 5.84 Å². The minimum atomic E-state index is 0.227. The van der Waals surface area contributed by atoms with Gasteiger partial charge < -0.3 is 14.9 Å². The molecule has 6 heteroatoms. The van der Waals surface area contributed by atoms with Gasteiger partial charge in [0.1, 0.15) is 28.5 Å². The van der Waals surface area contributed by atoms with Crippen LogP contribution in [-0.4, -0.2) is 11.7 Å². The van der Waals surface area contributed by atoms with Crippen molar-refractivity contribution < 1.29 is 9.15 Å². The number of furan rings is 1. The second kappa shape index (κ2) is 12.8. The van der Waals surface area contributed by atoms with Gasteiger partial charge in [-0.15, -0.1) is 0 Å². The molecule has 2 unspecified atom stereocenters. The highest BCUT2D eigenvalue weighted by Crippen LogP contribution is 2.50. The van der Waals surface area contributed by atoms with Gasteiger partial charge in [0.2, 0.25) is 0 Å².